The topological polar surface area (TPSA) is 86.8 Å². The first-order valence-corrected chi connectivity index (χ1v) is 14.1. The second-order valence-electron chi connectivity index (χ2n) is 9.15. The van der Waals surface area contributed by atoms with Crippen LogP contribution in [0.15, 0.2) is 65.6 Å². The second kappa shape index (κ2) is 12.5. The lowest BCUT2D eigenvalue weighted by atomic mass is 10.0. The molecule has 39 heavy (non-hydrogen) atoms. The molecule has 0 radical (unpaired) electrons. The van der Waals surface area contributed by atoms with Crippen molar-refractivity contribution >= 4 is 15.7 Å². The van der Waals surface area contributed by atoms with Crippen LogP contribution in [0.4, 0.5) is 5.69 Å². The van der Waals surface area contributed by atoms with E-state index < -0.39 is 10.0 Å². The maximum absolute atomic E-state index is 14.0. The van der Waals surface area contributed by atoms with Crippen molar-refractivity contribution < 1.29 is 32.1 Å². The van der Waals surface area contributed by atoms with E-state index in [1.54, 1.807) is 88.4 Å². The minimum atomic E-state index is -3.83. The van der Waals surface area contributed by atoms with Crippen LogP contribution in [-0.2, 0) is 16.6 Å². The molecule has 1 fully saturated rings. The third-order valence-electron chi connectivity index (χ3n) is 6.99. The van der Waals surface area contributed by atoms with Gasteiger partial charge >= 0.3 is 0 Å². The van der Waals surface area contributed by atoms with E-state index in [1.807, 2.05) is 12.1 Å². The number of likely N-dealkylation sites (tertiary alicyclic amines) is 1. The van der Waals surface area contributed by atoms with Gasteiger partial charge in [0.1, 0.15) is 0 Å². The first-order valence-electron chi connectivity index (χ1n) is 12.7. The van der Waals surface area contributed by atoms with E-state index in [9.17, 15) is 8.42 Å². The Balaban J connectivity index is 1.61. The van der Waals surface area contributed by atoms with Crippen LogP contribution < -0.4 is 28.0 Å². The summed E-state index contributed by atoms with van der Waals surface area (Å²) in [4.78, 5) is 2.54. The summed E-state index contributed by atoms with van der Waals surface area (Å²) in [7, 11) is 4.06. The largest absolute Gasteiger partial charge is 0.493 e. The Bertz CT molecular complexity index is 1360. The monoisotopic (exact) mass is 556 g/mol. The number of piperidine rings is 1. The van der Waals surface area contributed by atoms with E-state index in [4.69, 9.17) is 23.7 Å². The first kappa shape index (κ1) is 28.4. The van der Waals surface area contributed by atoms with Crippen molar-refractivity contribution in [2.45, 2.75) is 30.3 Å². The summed E-state index contributed by atoms with van der Waals surface area (Å²) in [5, 5.41) is 0. The Labute approximate surface area is 230 Å². The highest BCUT2D eigenvalue weighted by molar-refractivity contribution is 7.92. The predicted octanol–water partition coefficient (Wildman–Crippen LogP) is 4.59. The molecule has 4 rings (SSSR count). The lowest BCUT2D eigenvalue weighted by Gasteiger charge is -2.39. The van der Waals surface area contributed by atoms with Gasteiger partial charge in [0, 0.05) is 37.3 Å². The highest BCUT2D eigenvalue weighted by atomic mass is 32.2. The molecular weight excluding hydrogens is 520 g/mol. The van der Waals surface area contributed by atoms with Gasteiger partial charge in [0.25, 0.3) is 10.0 Å². The summed E-state index contributed by atoms with van der Waals surface area (Å²) < 4.78 is 57.0. The fourth-order valence-corrected chi connectivity index (χ4v) is 6.78. The number of methoxy groups -OCH3 is 5. The van der Waals surface area contributed by atoms with Gasteiger partial charge in [-0.2, -0.15) is 0 Å². The van der Waals surface area contributed by atoms with Crippen LogP contribution >= 0.6 is 0 Å². The summed E-state index contributed by atoms with van der Waals surface area (Å²) in [5.41, 5.74) is 1.51. The van der Waals surface area contributed by atoms with Crippen LogP contribution in [-0.4, -0.2) is 68.0 Å². The average molecular weight is 557 g/mol. The Hall–Kier alpha value is -3.63. The molecule has 10 heteroatoms. The minimum Gasteiger partial charge on any atom is -0.493 e. The van der Waals surface area contributed by atoms with Crippen LogP contribution in [0, 0.1) is 0 Å². The van der Waals surface area contributed by atoms with Crippen molar-refractivity contribution in [1.82, 2.24) is 4.90 Å². The molecule has 0 N–H and O–H groups in total. The fourth-order valence-electron chi connectivity index (χ4n) is 5.05. The predicted molar refractivity (Wildman–Crippen MR) is 150 cm³/mol. The molecule has 0 aromatic heterocycles. The Kier molecular flexibility index (Phi) is 9.08. The van der Waals surface area contributed by atoms with Gasteiger partial charge in [-0.1, -0.05) is 24.3 Å². The van der Waals surface area contributed by atoms with Crippen molar-refractivity contribution in [2.75, 3.05) is 52.9 Å². The molecule has 1 saturated heterocycles. The van der Waals surface area contributed by atoms with Crippen molar-refractivity contribution in [3.8, 4) is 28.7 Å². The molecule has 9 nitrogen and oxygen atoms in total. The zero-order chi connectivity index (χ0) is 28.0. The number of hydrogen-bond donors (Lipinski definition) is 0. The van der Waals surface area contributed by atoms with Crippen molar-refractivity contribution in [2.24, 2.45) is 0 Å². The van der Waals surface area contributed by atoms with E-state index >= 15 is 0 Å². The zero-order valence-electron chi connectivity index (χ0n) is 23.0. The average Bonchev–Trinajstić information content (AvgIpc) is 2.98. The molecule has 1 aliphatic heterocycles. The first-order chi connectivity index (χ1) is 18.9. The third-order valence-corrected chi connectivity index (χ3v) is 8.88. The van der Waals surface area contributed by atoms with Crippen molar-refractivity contribution in [3.63, 3.8) is 0 Å². The maximum atomic E-state index is 14.0. The molecule has 1 aliphatic rings. The summed E-state index contributed by atoms with van der Waals surface area (Å²) in [6.45, 7) is 2.05. The summed E-state index contributed by atoms with van der Waals surface area (Å²) >= 11 is 0. The number of sulfonamides is 1. The van der Waals surface area contributed by atoms with Gasteiger partial charge in [-0.15, -0.1) is 0 Å². The molecule has 3 aromatic rings. The van der Waals surface area contributed by atoms with Crippen molar-refractivity contribution in [1.29, 1.82) is 0 Å². The minimum absolute atomic E-state index is 0.239. The molecule has 0 unspecified atom stereocenters. The number of hydrogen-bond acceptors (Lipinski definition) is 8. The highest BCUT2D eigenvalue weighted by Crippen LogP contribution is 2.41. The fraction of sp³-hybridized carbons (Fsp3) is 0.379. The lowest BCUT2D eigenvalue weighted by molar-refractivity contribution is 0.203. The van der Waals surface area contributed by atoms with E-state index in [-0.39, 0.29) is 10.9 Å². The molecule has 0 bridgehead atoms. The van der Waals surface area contributed by atoms with E-state index in [0.717, 1.165) is 5.56 Å². The normalized spacial score (nSPS) is 14.5. The highest BCUT2D eigenvalue weighted by Gasteiger charge is 2.35. The molecule has 1 heterocycles. The lowest BCUT2D eigenvalue weighted by Crippen LogP contribution is -2.47. The number of anilines is 1. The van der Waals surface area contributed by atoms with Crippen LogP contribution in [0.25, 0.3) is 0 Å². The Morgan fingerprint density at radius 2 is 1.36 bits per heavy atom. The van der Waals surface area contributed by atoms with Gasteiger partial charge in [0.05, 0.1) is 46.1 Å². The third kappa shape index (κ3) is 5.86. The second-order valence-corrected chi connectivity index (χ2v) is 11.0. The van der Waals surface area contributed by atoms with Gasteiger partial charge in [0.15, 0.2) is 23.0 Å². The summed E-state index contributed by atoms with van der Waals surface area (Å²) in [5.74, 6) is 2.81. The van der Waals surface area contributed by atoms with Crippen LogP contribution in [0.3, 0.4) is 0 Å². The number of benzene rings is 3. The molecule has 0 spiro atoms. The van der Waals surface area contributed by atoms with Gasteiger partial charge in [-0.05, 0) is 43.2 Å². The standard InChI is InChI=1S/C29H36N2O7S/c1-34-25-14-12-23(19-27(25)36-3)31(39(32,33)24-9-7-6-8-10-24)22-15-17-30(18-16-22)20-21-11-13-26(35-2)29(38-5)28(21)37-4/h6-14,19,22H,15-18,20H2,1-5H3. The van der Waals surface area contributed by atoms with E-state index in [2.05, 4.69) is 4.90 Å². The van der Waals surface area contributed by atoms with Crippen LogP contribution in [0.1, 0.15) is 18.4 Å². The Morgan fingerprint density at radius 1 is 0.744 bits per heavy atom. The van der Waals surface area contributed by atoms with Crippen LogP contribution in [0.2, 0.25) is 0 Å². The van der Waals surface area contributed by atoms with E-state index in [0.29, 0.717) is 66.9 Å². The molecule has 210 valence electrons. The molecule has 0 amide bonds. The molecule has 3 aromatic carbocycles. The maximum Gasteiger partial charge on any atom is 0.264 e. The molecule has 0 saturated carbocycles. The summed E-state index contributed by atoms with van der Waals surface area (Å²) in [6.07, 6.45) is 1.30. The van der Waals surface area contributed by atoms with Crippen molar-refractivity contribution in [3.05, 3.63) is 66.2 Å². The molecule has 0 aliphatic carbocycles. The van der Waals surface area contributed by atoms with Gasteiger partial charge in [-0.3, -0.25) is 9.21 Å². The quantitative estimate of drug-likeness (QED) is 0.339. The smallest absolute Gasteiger partial charge is 0.264 e. The van der Waals surface area contributed by atoms with E-state index in [1.165, 1.54) is 0 Å². The molecule has 0 atom stereocenters. The zero-order valence-corrected chi connectivity index (χ0v) is 23.9. The number of ether oxygens (including phenoxy) is 5. The van der Waals surface area contributed by atoms with Gasteiger partial charge in [0.2, 0.25) is 5.75 Å². The van der Waals surface area contributed by atoms with Crippen LogP contribution in [0.5, 0.6) is 28.7 Å². The van der Waals surface area contributed by atoms with Gasteiger partial charge in [-0.25, -0.2) is 8.42 Å². The summed E-state index contributed by atoms with van der Waals surface area (Å²) in [6, 6.07) is 17.4. The molecular formula is C29H36N2O7S. The SMILES string of the molecule is COc1ccc(N(C2CCN(Cc3ccc(OC)c(OC)c3OC)CC2)S(=O)(=O)c2ccccc2)cc1OC. The van der Waals surface area contributed by atoms with Gasteiger partial charge < -0.3 is 23.7 Å². The number of rotatable bonds is 11. The number of nitrogens with zero attached hydrogens (tertiary/aromatic N) is 2. The Morgan fingerprint density at radius 3 is 1.95 bits per heavy atom.